The minimum absolute atomic E-state index is 0.00760. The van der Waals surface area contributed by atoms with Gasteiger partial charge in [0.05, 0.1) is 14.2 Å². The molecule has 160 valence electrons. The molecule has 0 bridgehead atoms. The van der Waals surface area contributed by atoms with E-state index in [2.05, 4.69) is 0 Å². The van der Waals surface area contributed by atoms with E-state index in [1.807, 2.05) is 30.3 Å². The number of aliphatic imine (C=N–C) groups is 1. The van der Waals surface area contributed by atoms with Gasteiger partial charge in [-0.25, -0.2) is 0 Å². The van der Waals surface area contributed by atoms with Crippen molar-refractivity contribution in [2.75, 3.05) is 14.2 Å². The van der Waals surface area contributed by atoms with Gasteiger partial charge in [-0.2, -0.15) is 0 Å². The Bertz CT molecular complexity index is 1080. The number of phenols is 1. The molecule has 1 N–H and O–H groups in total. The number of ketones is 1. The molecule has 0 amide bonds. The Morgan fingerprint density at radius 2 is 1.81 bits per heavy atom. The molecule has 0 aromatic heterocycles. The van der Waals surface area contributed by atoms with Gasteiger partial charge in [-0.1, -0.05) is 24.3 Å². The standard InChI is InChI=1S/C25H25NO5/c1-14-22(25(29)31-3)23(16-5-4-6-18(27)11-16)24-20(26-14)12-17(13-21(24)28)15-7-9-19(30-2)10-8-15/h4-11,17,22-23,27H,12-13H2,1-3H3/t17-,22?,23-/m0/s1. The molecule has 0 radical (unpaired) electrons. The third-order valence-corrected chi connectivity index (χ3v) is 6.16. The van der Waals surface area contributed by atoms with Crippen LogP contribution in [0.1, 0.15) is 42.7 Å². The second-order valence-corrected chi connectivity index (χ2v) is 7.99. The number of hydrogen-bond donors (Lipinski definition) is 1. The van der Waals surface area contributed by atoms with Crippen molar-refractivity contribution in [2.45, 2.75) is 31.6 Å². The van der Waals surface area contributed by atoms with E-state index < -0.39 is 17.8 Å². The molecule has 6 nitrogen and oxygen atoms in total. The Balaban J connectivity index is 1.78. The lowest BCUT2D eigenvalue weighted by molar-refractivity contribution is -0.143. The van der Waals surface area contributed by atoms with E-state index in [0.29, 0.717) is 35.4 Å². The lowest BCUT2D eigenvalue weighted by Crippen LogP contribution is -2.37. The van der Waals surface area contributed by atoms with E-state index in [0.717, 1.165) is 11.3 Å². The SMILES string of the molecule is COC(=O)C1C(C)=NC2=C(C(=O)C[C@@H](c3ccc(OC)cc3)C2)[C@H]1c1cccc(O)c1. The topological polar surface area (TPSA) is 85.2 Å². The quantitative estimate of drug-likeness (QED) is 0.753. The minimum atomic E-state index is -0.702. The summed E-state index contributed by atoms with van der Waals surface area (Å²) in [7, 11) is 2.95. The summed E-state index contributed by atoms with van der Waals surface area (Å²) < 4.78 is 10.3. The molecule has 6 heteroatoms. The Morgan fingerprint density at radius 1 is 1.06 bits per heavy atom. The summed E-state index contributed by atoms with van der Waals surface area (Å²) in [5, 5.41) is 10.0. The first-order valence-electron chi connectivity index (χ1n) is 10.2. The summed E-state index contributed by atoms with van der Waals surface area (Å²) in [5.41, 5.74) is 3.63. The molecule has 2 aliphatic rings. The van der Waals surface area contributed by atoms with Gasteiger partial charge in [-0.3, -0.25) is 14.6 Å². The van der Waals surface area contributed by atoms with Crippen LogP contribution in [0, 0.1) is 5.92 Å². The maximum absolute atomic E-state index is 13.4. The highest BCUT2D eigenvalue weighted by atomic mass is 16.5. The van der Waals surface area contributed by atoms with Crippen LogP contribution in [-0.2, 0) is 14.3 Å². The number of benzene rings is 2. The van der Waals surface area contributed by atoms with Crippen molar-refractivity contribution in [1.29, 1.82) is 0 Å². The minimum Gasteiger partial charge on any atom is -0.508 e. The van der Waals surface area contributed by atoms with Gasteiger partial charge >= 0.3 is 5.97 Å². The maximum Gasteiger partial charge on any atom is 0.315 e. The summed E-state index contributed by atoms with van der Waals surface area (Å²) in [5.74, 6) is -0.839. The largest absolute Gasteiger partial charge is 0.508 e. The Hall–Kier alpha value is -3.41. The van der Waals surface area contributed by atoms with Gasteiger partial charge in [-0.05, 0) is 54.7 Å². The third-order valence-electron chi connectivity index (χ3n) is 6.16. The van der Waals surface area contributed by atoms with Crippen LogP contribution in [-0.4, -0.2) is 36.8 Å². The molecule has 0 saturated heterocycles. The van der Waals surface area contributed by atoms with Crippen molar-refractivity contribution in [2.24, 2.45) is 10.9 Å². The molecule has 4 rings (SSSR count). The highest BCUT2D eigenvalue weighted by Gasteiger charge is 2.44. The van der Waals surface area contributed by atoms with Crippen LogP contribution in [0.2, 0.25) is 0 Å². The number of carbonyl (C=O) groups excluding carboxylic acids is 2. The fourth-order valence-corrected chi connectivity index (χ4v) is 4.68. The molecule has 31 heavy (non-hydrogen) atoms. The average molecular weight is 419 g/mol. The number of allylic oxidation sites excluding steroid dienone is 2. The fraction of sp³-hybridized carbons (Fsp3) is 0.320. The van der Waals surface area contributed by atoms with E-state index in [-0.39, 0.29) is 17.5 Å². The van der Waals surface area contributed by atoms with Crippen LogP contribution >= 0.6 is 0 Å². The normalized spacial score (nSPS) is 23.1. The fourth-order valence-electron chi connectivity index (χ4n) is 4.68. The Labute approximate surface area is 181 Å². The number of ether oxygens (including phenoxy) is 2. The molecule has 0 fully saturated rings. The van der Waals surface area contributed by atoms with E-state index in [1.54, 1.807) is 32.2 Å². The number of aromatic hydroxyl groups is 1. The van der Waals surface area contributed by atoms with Gasteiger partial charge in [0.15, 0.2) is 5.78 Å². The molecule has 2 aromatic rings. The number of esters is 1. The Morgan fingerprint density at radius 3 is 2.45 bits per heavy atom. The van der Waals surface area contributed by atoms with Gasteiger partial charge in [-0.15, -0.1) is 0 Å². The third kappa shape index (κ3) is 3.85. The molecule has 0 saturated carbocycles. The zero-order valence-electron chi connectivity index (χ0n) is 17.8. The van der Waals surface area contributed by atoms with Crippen molar-refractivity contribution in [1.82, 2.24) is 0 Å². The number of carbonyl (C=O) groups is 2. The highest BCUT2D eigenvalue weighted by Crippen LogP contribution is 2.47. The predicted molar refractivity (Wildman–Crippen MR) is 116 cm³/mol. The first kappa shape index (κ1) is 20.8. The molecular weight excluding hydrogens is 394 g/mol. The molecule has 3 atom stereocenters. The molecule has 1 unspecified atom stereocenters. The van der Waals surface area contributed by atoms with Crippen molar-refractivity contribution in [3.63, 3.8) is 0 Å². The number of methoxy groups -OCH3 is 2. The van der Waals surface area contributed by atoms with Crippen molar-refractivity contribution >= 4 is 17.5 Å². The molecule has 1 heterocycles. The smallest absolute Gasteiger partial charge is 0.315 e. The number of Topliss-reactive ketones (excluding diaryl/α,β-unsaturated/α-hetero) is 1. The lowest BCUT2D eigenvalue weighted by atomic mass is 9.69. The second kappa shape index (κ2) is 8.38. The van der Waals surface area contributed by atoms with E-state index >= 15 is 0 Å². The molecule has 2 aromatic carbocycles. The first-order valence-corrected chi connectivity index (χ1v) is 10.2. The molecule has 0 spiro atoms. The molecule has 1 aliphatic heterocycles. The second-order valence-electron chi connectivity index (χ2n) is 7.99. The summed E-state index contributed by atoms with van der Waals surface area (Å²) in [6.45, 7) is 1.79. The average Bonchev–Trinajstić information content (AvgIpc) is 2.77. The summed E-state index contributed by atoms with van der Waals surface area (Å²) in [6.07, 6.45) is 0.941. The van der Waals surface area contributed by atoms with Gasteiger partial charge in [0.1, 0.15) is 17.4 Å². The van der Waals surface area contributed by atoms with E-state index in [4.69, 9.17) is 14.5 Å². The molecular formula is C25H25NO5. The number of rotatable bonds is 4. The zero-order valence-corrected chi connectivity index (χ0v) is 17.8. The van der Waals surface area contributed by atoms with Crippen LogP contribution in [0.4, 0.5) is 0 Å². The van der Waals surface area contributed by atoms with Crippen molar-refractivity contribution in [3.8, 4) is 11.5 Å². The Kier molecular flexibility index (Phi) is 5.63. The van der Waals surface area contributed by atoms with Crippen LogP contribution in [0.3, 0.4) is 0 Å². The number of hydrogen-bond acceptors (Lipinski definition) is 6. The molecule has 1 aliphatic carbocycles. The van der Waals surface area contributed by atoms with E-state index in [1.165, 1.54) is 7.11 Å². The monoisotopic (exact) mass is 419 g/mol. The first-order chi connectivity index (χ1) is 14.9. The summed E-state index contributed by atoms with van der Waals surface area (Å²) in [4.78, 5) is 30.8. The predicted octanol–water partition coefficient (Wildman–Crippen LogP) is 4.15. The van der Waals surface area contributed by atoms with Crippen LogP contribution in [0.15, 0.2) is 64.8 Å². The number of nitrogens with zero attached hydrogens (tertiary/aromatic N) is 1. The van der Waals surface area contributed by atoms with E-state index in [9.17, 15) is 14.7 Å². The van der Waals surface area contributed by atoms with Crippen LogP contribution in [0.5, 0.6) is 11.5 Å². The van der Waals surface area contributed by atoms with Crippen molar-refractivity contribution < 1.29 is 24.2 Å². The van der Waals surface area contributed by atoms with Crippen molar-refractivity contribution in [3.05, 3.63) is 70.9 Å². The maximum atomic E-state index is 13.4. The van der Waals surface area contributed by atoms with Gasteiger partial charge in [0.2, 0.25) is 0 Å². The van der Waals surface area contributed by atoms with Crippen LogP contribution < -0.4 is 4.74 Å². The van der Waals surface area contributed by atoms with Crippen LogP contribution in [0.25, 0.3) is 0 Å². The summed E-state index contributed by atoms with van der Waals surface area (Å²) >= 11 is 0. The van der Waals surface area contributed by atoms with Gasteiger partial charge in [0, 0.05) is 29.3 Å². The zero-order chi connectivity index (χ0) is 22.1. The lowest BCUT2D eigenvalue weighted by Gasteiger charge is -2.36. The number of phenolic OH excluding ortho intramolecular Hbond substituents is 1. The van der Waals surface area contributed by atoms with Gasteiger partial charge in [0.25, 0.3) is 0 Å². The summed E-state index contributed by atoms with van der Waals surface area (Å²) in [6, 6.07) is 14.5. The highest BCUT2D eigenvalue weighted by molar-refractivity contribution is 6.09. The van der Waals surface area contributed by atoms with Gasteiger partial charge < -0.3 is 14.6 Å².